The number of hydrazone groups is 1. The number of aryl methyl sites for hydroxylation is 1. The molecule has 4 nitrogen and oxygen atoms in total. The lowest BCUT2D eigenvalue weighted by molar-refractivity contribution is -0.121. The van der Waals surface area contributed by atoms with Crippen LogP contribution in [0.1, 0.15) is 50.8 Å². The normalized spacial score (nSPS) is 15.3. The summed E-state index contributed by atoms with van der Waals surface area (Å²) in [7, 11) is 0. The van der Waals surface area contributed by atoms with E-state index in [1.807, 2.05) is 30.3 Å². The molecule has 4 heteroatoms. The maximum Gasteiger partial charge on any atom is 0.240 e. The van der Waals surface area contributed by atoms with Crippen LogP contribution < -0.4 is 10.3 Å². The van der Waals surface area contributed by atoms with Crippen LogP contribution in [0.15, 0.2) is 59.7 Å². The molecule has 0 saturated carbocycles. The second-order valence-electron chi connectivity index (χ2n) is 7.78. The molecule has 1 N–H and O–H groups in total. The van der Waals surface area contributed by atoms with Crippen LogP contribution in [0.25, 0.3) is 5.57 Å². The summed E-state index contributed by atoms with van der Waals surface area (Å²) in [6, 6.07) is 16.3. The van der Waals surface area contributed by atoms with E-state index in [9.17, 15) is 4.79 Å². The van der Waals surface area contributed by atoms with Crippen molar-refractivity contribution in [1.29, 1.82) is 0 Å². The highest BCUT2D eigenvalue weighted by Crippen LogP contribution is 2.38. The van der Waals surface area contributed by atoms with Crippen molar-refractivity contribution >= 4 is 23.4 Å². The summed E-state index contributed by atoms with van der Waals surface area (Å²) in [5.74, 6) is -0.0759. The average Bonchev–Trinajstić information content (AvgIpc) is 2.67. The van der Waals surface area contributed by atoms with Gasteiger partial charge in [0.05, 0.1) is 11.8 Å². The molecule has 3 rings (SSSR count). The summed E-state index contributed by atoms with van der Waals surface area (Å²) in [5.41, 5.74) is 8.51. The van der Waals surface area contributed by atoms with Crippen molar-refractivity contribution in [3.8, 4) is 0 Å². The summed E-state index contributed by atoms with van der Waals surface area (Å²) < 4.78 is 0. The van der Waals surface area contributed by atoms with Crippen LogP contribution >= 0.6 is 0 Å². The summed E-state index contributed by atoms with van der Waals surface area (Å²) in [4.78, 5) is 14.4. The van der Waals surface area contributed by atoms with Crippen molar-refractivity contribution in [2.24, 2.45) is 5.10 Å². The number of nitrogens with one attached hydrogen (secondary N) is 1. The number of likely N-dealkylation sites (N-methyl/N-ethyl adjacent to an activating group) is 1. The molecule has 1 aliphatic heterocycles. The van der Waals surface area contributed by atoms with E-state index in [4.69, 9.17) is 0 Å². The van der Waals surface area contributed by atoms with E-state index >= 15 is 0 Å². The molecule has 0 aliphatic carbocycles. The molecule has 0 bridgehead atoms. The minimum absolute atomic E-state index is 0.00810. The molecule has 0 atom stereocenters. The van der Waals surface area contributed by atoms with Gasteiger partial charge in [0, 0.05) is 24.2 Å². The summed E-state index contributed by atoms with van der Waals surface area (Å²) >= 11 is 0. The number of benzene rings is 2. The number of nitrogens with zero attached hydrogens (tertiary/aromatic N) is 2. The van der Waals surface area contributed by atoms with Gasteiger partial charge in [0.25, 0.3) is 0 Å². The van der Waals surface area contributed by atoms with Crippen molar-refractivity contribution in [3.05, 3.63) is 71.3 Å². The molecule has 146 valence electrons. The van der Waals surface area contributed by atoms with E-state index in [0.29, 0.717) is 12.8 Å². The Morgan fingerprint density at radius 3 is 2.64 bits per heavy atom. The third-order valence-electron chi connectivity index (χ3n) is 5.20. The fourth-order valence-electron chi connectivity index (χ4n) is 3.90. The first-order valence-electron chi connectivity index (χ1n) is 9.88. The number of hydrogen-bond acceptors (Lipinski definition) is 3. The number of rotatable bonds is 6. The molecule has 2 aromatic carbocycles. The Bertz CT molecular complexity index is 897. The average molecular weight is 376 g/mol. The maximum atomic E-state index is 12.0. The zero-order chi connectivity index (χ0) is 20.1. The Morgan fingerprint density at radius 2 is 1.93 bits per heavy atom. The minimum atomic E-state index is -0.0759. The molecule has 0 unspecified atom stereocenters. The summed E-state index contributed by atoms with van der Waals surface area (Å²) in [6.07, 6.45) is 5.16. The molecule has 0 saturated heterocycles. The smallest absolute Gasteiger partial charge is 0.240 e. The van der Waals surface area contributed by atoms with E-state index in [1.165, 1.54) is 16.8 Å². The summed E-state index contributed by atoms with van der Waals surface area (Å²) in [6.45, 7) is 9.77. The van der Waals surface area contributed by atoms with E-state index < -0.39 is 0 Å². The van der Waals surface area contributed by atoms with Gasteiger partial charge in [0.2, 0.25) is 5.91 Å². The molecule has 1 heterocycles. The van der Waals surface area contributed by atoms with Gasteiger partial charge in [-0.3, -0.25) is 4.79 Å². The SMILES string of the molecule is CCN1c2ccc(/C=N/NC(=O)CCc3ccccc3)cc2C(C)=CC1(C)C. The maximum absolute atomic E-state index is 12.0. The fraction of sp³-hybridized carbons (Fsp3) is 0.333. The molecule has 0 spiro atoms. The second kappa shape index (κ2) is 8.42. The first kappa shape index (κ1) is 19.9. The van der Waals surface area contributed by atoms with Crippen molar-refractivity contribution in [3.63, 3.8) is 0 Å². The second-order valence-corrected chi connectivity index (χ2v) is 7.78. The molecular formula is C24H29N3O. The third-order valence-corrected chi connectivity index (χ3v) is 5.20. The number of carbonyl (C=O) groups is 1. The van der Waals surface area contributed by atoms with Crippen LogP contribution in [0.2, 0.25) is 0 Å². The zero-order valence-electron chi connectivity index (χ0n) is 17.2. The van der Waals surface area contributed by atoms with Crippen molar-refractivity contribution in [2.45, 2.75) is 46.1 Å². The largest absolute Gasteiger partial charge is 0.363 e. The molecular weight excluding hydrogens is 346 g/mol. The van der Waals surface area contributed by atoms with Gasteiger partial charge in [-0.05, 0) is 62.9 Å². The van der Waals surface area contributed by atoms with Gasteiger partial charge in [0.1, 0.15) is 0 Å². The Hall–Kier alpha value is -2.88. The number of amides is 1. The molecule has 1 amide bonds. The number of anilines is 1. The highest BCUT2D eigenvalue weighted by molar-refractivity contribution is 5.88. The number of hydrogen-bond donors (Lipinski definition) is 1. The number of carbonyl (C=O) groups excluding carboxylic acids is 1. The van der Waals surface area contributed by atoms with Gasteiger partial charge in [-0.2, -0.15) is 5.10 Å². The molecule has 0 radical (unpaired) electrons. The van der Waals surface area contributed by atoms with E-state index in [-0.39, 0.29) is 11.4 Å². The Labute approximate surface area is 168 Å². The van der Waals surface area contributed by atoms with Gasteiger partial charge in [-0.25, -0.2) is 5.43 Å². The van der Waals surface area contributed by atoms with Gasteiger partial charge in [-0.1, -0.05) is 42.5 Å². The van der Waals surface area contributed by atoms with Crippen molar-refractivity contribution < 1.29 is 4.79 Å². The lowest BCUT2D eigenvalue weighted by Gasteiger charge is -2.42. The van der Waals surface area contributed by atoms with Gasteiger partial charge in [-0.15, -0.1) is 0 Å². The zero-order valence-corrected chi connectivity index (χ0v) is 17.2. The van der Waals surface area contributed by atoms with E-state index in [0.717, 1.165) is 17.7 Å². The van der Waals surface area contributed by atoms with Crippen molar-refractivity contribution in [2.75, 3.05) is 11.4 Å². The number of allylic oxidation sites excluding steroid dienone is 1. The van der Waals surface area contributed by atoms with E-state index in [2.05, 4.69) is 67.4 Å². The van der Waals surface area contributed by atoms with E-state index in [1.54, 1.807) is 6.21 Å². The topological polar surface area (TPSA) is 44.7 Å². The fourth-order valence-corrected chi connectivity index (χ4v) is 3.90. The van der Waals surface area contributed by atoms with Crippen LogP contribution in [-0.4, -0.2) is 24.2 Å². The first-order valence-corrected chi connectivity index (χ1v) is 9.88. The molecule has 28 heavy (non-hydrogen) atoms. The molecule has 0 aromatic heterocycles. The lowest BCUT2D eigenvalue weighted by Crippen LogP contribution is -2.44. The lowest BCUT2D eigenvalue weighted by atomic mass is 9.88. The van der Waals surface area contributed by atoms with Crippen LogP contribution in [0.3, 0.4) is 0 Å². The molecule has 1 aliphatic rings. The Morgan fingerprint density at radius 1 is 1.18 bits per heavy atom. The standard InChI is InChI=1S/C24H29N3O/c1-5-27-22-13-11-20(15-21(22)18(2)16-24(27,3)4)17-25-26-23(28)14-12-19-9-7-6-8-10-19/h6-11,13,15-17H,5,12,14H2,1-4H3,(H,26,28)/b25-17+. The third kappa shape index (κ3) is 4.50. The van der Waals surface area contributed by atoms with Crippen LogP contribution in [-0.2, 0) is 11.2 Å². The van der Waals surface area contributed by atoms with Gasteiger partial charge >= 0.3 is 0 Å². The van der Waals surface area contributed by atoms with Crippen molar-refractivity contribution in [1.82, 2.24) is 5.43 Å². The first-order chi connectivity index (χ1) is 13.4. The molecule has 0 fully saturated rings. The quantitative estimate of drug-likeness (QED) is 0.583. The monoisotopic (exact) mass is 375 g/mol. The minimum Gasteiger partial charge on any atom is -0.363 e. The Kier molecular flexibility index (Phi) is 5.98. The Balaban J connectivity index is 1.64. The predicted octanol–water partition coefficient (Wildman–Crippen LogP) is 4.79. The predicted molar refractivity (Wildman–Crippen MR) is 118 cm³/mol. The van der Waals surface area contributed by atoms with Gasteiger partial charge in [0.15, 0.2) is 0 Å². The highest BCUT2D eigenvalue weighted by Gasteiger charge is 2.29. The number of fused-ring (bicyclic) bond motifs is 1. The summed E-state index contributed by atoms with van der Waals surface area (Å²) in [5, 5.41) is 4.14. The molecule has 2 aromatic rings. The van der Waals surface area contributed by atoms with Gasteiger partial charge < -0.3 is 4.90 Å². The van der Waals surface area contributed by atoms with Crippen LogP contribution in [0, 0.1) is 0 Å². The van der Waals surface area contributed by atoms with Crippen LogP contribution in [0.5, 0.6) is 0 Å². The highest BCUT2D eigenvalue weighted by atomic mass is 16.2. The van der Waals surface area contributed by atoms with Crippen LogP contribution in [0.4, 0.5) is 5.69 Å².